The number of sulfonamides is 1. The van der Waals surface area contributed by atoms with Gasteiger partial charge in [0, 0.05) is 26.1 Å². The second-order valence-electron chi connectivity index (χ2n) is 9.25. The summed E-state index contributed by atoms with van der Waals surface area (Å²) >= 11 is 0. The van der Waals surface area contributed by atoms with E-state index >= 15 is 0 Å². The molecule has 0 aliphatic rings. The molecular formula is C28H43N3O3S. The van der Waals surface area contributed by atoms with Crippen LogP contribution in [0.15, 0.2) is 59.5 Å². The van der Waals surface area contributed by atoms with Crippen LogP contribution in [0.1, 0.15) is 69.9 Å². The largest absolute Gasteiger partial charge is 0.338 e. The number of nitrogens with zero attached hydrogens (tertiary/aromatic N) is 2. The van der Waals surface area contributed by atoms with Gasteiger partial charge in [0.25, 0.3) is 0 Å². The van der Waals surface area contributed by atoms with Crippen molar-refractivity contribution in [3.8, 4) is 0 Å². The molecule has 0 bridgehead atoms. The summed E-state index contributed by atoms with van der Waals surface area (Å²) < 4.78 is 23.0. The lowest BCUT2D eigenvalue weighted by molar-refractivity contribution is -0.132. The molecule has 0 aliphatic carbocycles. The summed E-state index contributed by atoms with van der Waals surface area (Å²) in [6.45, 7) is 8.49. The van der Waals surface area contributed by atoms with E-state index in [4.69, 9.17) is 5.14 Å². The van der Waals surface area contributed by atoms with Crippen LogP contribution in [0.2, 0.25) is 0 Å². The fraction of sp³-hybridized carbons (Fsp3) is 0.536. The SMILES string of the molecule is CCCCCN(CCCCC)CCC(=O)N(CCc1ccc(S(N)(=O)=O)cc1)Cc1ccccc1. The third-order valence-corrected chi connectivity index (χ3v) is 7.22. The Morgan fingerprint density at radius 2 is 1.37 bits per heavy atom. The minimum Gasteiger partial charge on any atom is -0.338 e. The third-order valence-electron chi connectivity index (χ3n) is 6.29. The van der Waals surface area contributed by atoms with Gasteiger partial charge < -0.3 is 9.80 Å². The molecule has 0 atom stereocenters. The number of benzene rings is 2. The van der Waals surface area contributed by atoms with Crippen LogP contribution in [0.25, 0.3) is 0 Å². The van der Waals surface area contributed by atoms with Crippen LogP contribution in [0.4, 0.5) is 0 Å². The van der Waals surface area contributed by atoms with Gasteiger partial charge in [-0.1, -0.05) is 82.0 Å². The molecule has 0 fully saturated rings. The number of nitrogens with two attached hydrogens (primary N) is 1. The van der Waals surface area contributed by atoms with E-state index in [2.05, 4.69) is 18.7 Å². The lowest BCUT2D eigenvalue weighted by Gasteiger charge is -2.26. The molecule has 0 aliphatic heterocycles. The summed E-state index contributed by atoms with van der Waals surface area (Å²) in [5.41, 5.74) is 2.08. The number of rotatable bonds is 17. The Balaban J connectivity index is 2.02. The minimum atomic E-state index is -3.71. The molecule has 2 rings (SSSR count). The van der Waals surface area contributed by atoms with Crippen LogP contribution >= 0.6 is 0 Å². The predicted molar refractivity (Wildman–Crippen MR) is 143 cm³/mol. The van der Waals surface area contributed by atoms with Gasteiger partial charge in [-0.05, 0) is 55.6 Å². The predicted octanol–water partition coefficient (Wildman–Crippen LogP) is 4.98. The average molecular weight is 502 g/mol. The Morgan fingerprint density at radius 3 is 1.91 bits per heavy atom. The normalized spacial score (nSPS) is 11.7. The van der Waals surface area contributed by atoms with Crippen LogP contribution < -0.4 is 5.14 Å². The van der Waals surface area contributed by atoms with Crippen molar-refractivity contribution in [3.05, 3.63) is 65.7 Å². The second kappa shape index (κ2) is 15.7. The maximum atomic E-state index is 13.3. The van der Waals surface area contributed by atoms with E-state index in [9.17, 15) is 13.2 Å². The highest BCUT2D eigenvalue weighted by Gasteiger charge is 2.16. The Bertz CT molecular complexity index is 953. The van der Waals surface area contributed by atoms with Gasteiger partial charge in [-0.3, -0.25) is 4.79 Å². The first kappa shape index (κ1) is 29.0. The van der Waals surface area contributed by atoms with Gasteiger partial charge in [-0.2, -0.15) is 0 Å². The van der Waals surface area contributed by atoms with E-state index in [-0.39, 0.29) is 10.8 Å². The number of amides is 1. The van der Waals surface area contributed by atoms with Crippen LogP contribution in [0.5, 0.6) is 0 Å². The molecule has 35 heavy (non-hydrogen) atoms. The zero-order valence-corrected chi connectivity index (χ0v) is 22.3. The maximum absolute atomic E-state index is 13.3. The van der Waals surface area contributed by atoms with Crippen molar-refractivity contribution in [1.82, 2.24) is 9.80 Å². The van der Waals surface area contributed by atoms with E-state index in [1.165, 1.54) is 50.7 Å². The molecule has 0 aromatic heterocycles. The Morgan fingerprint density at radius 1 is 0.771 bits per heavy atom. The summed E-state index contributed by atoms with van der Waals surface area (Å²) in [5.74, 6) is 0.158. The number of unbranched alkanes of at least 4 members (excludes halogenated alkanes) is 4. The molecule has 2 N–H and O–H groups in total. The first-order valence-electron chi connectivity index (χ1n) is 13.0. The molecule has 7 heteroatoms. The summed E-state index contributed by atoms with van der Waals surface area (Å²) in [6, 6.07) is 16.7. The summed E-state index contributed by atoms with van der Waals surface area (Å²) in [7, 11) is -3.71. The number of primary sulfonamides is 1. The zero-order chi connectivity index (χ0) is 25.5. The van der Waals surface area contributed by atoms with Gasteiger partial charge in [0.15, 0.2) is 0 Å². The van der Waals surface area contributed by atoms with Gasteiger partial charge in [-0.15, -0.1) is 0 Å². The number of carbonyl (C=O) groups is 1. The fourth-order valence-corrected chi connectivity index (χ4v) is 4.64. The molecule has 0 radical (unpaired) electrons. The van der Waals surface area contributed by atoms with E-state index in [0.717, 1.165) is 30.8 Å². The van der Waals surface area contributed by atoms with Gasteiger partial charge >= 0.3 is 0 Å². The van der Waals surface area contributed by atoms with E-state index in [1.54, 1.807) is 12.1 Å². The van der Waals surface area contributed by atoms with Crippen molar-refractivity contribution in [2.75, 3.05) is 26.2 Å². The smallest absolute Gasteiger partial charge is 0.238 e. The van der Waals surface area contributed by atoms with E-state index < -0.39 is 10.0 Å². The molecule has 6 nitrogen and oxygen atoms in total. The second-order valence-corrected chi connectivity index (χ2v) is 10.8. The monoisotopic (exact) mass is 501 g/mol. The molecule has 0 saturated heterocycles. The Hall–Kier alpha value is -2.22. The lowest BCUT2D eigenvalue weighted by atomic mass is 10.1. The standard InChI is InChI=1S/C28H43N3O3S/c1-3-5-10-20-30(21-11-6-4-2)22-19-28(32)31(24-26-12-8-7-9-13-26)23-18-25-14-16-27(17-15-25)35(29,33)34/h7-9,12-17H,3-6,10-11,18-24H2,1-2H3,(H2,29,33,34). The quantitative estimate of drug-likeness (QED) is 0.310. The van der Waals surface area contributed by atoms with E-state index in [1.807, 2.05) is 35.2 Å². The lowest BCUT2D eigenvalue weighted by Crippen LogP contribution is -2.36. The molecule has 2 aromatic carbocycles. The molecule has 0 unspecified atom stereocenters. The molecule has 0 spiro atoms. The molecule has 1 amide bonds. The van der Waals surface area contributed by atoms with Crippen LogP contribution in [-0.4, -0.2) is 50.3 Å². The number of hydrogen-bond donors (Lipinski definition) is 1. The highest BCUT2D eigenvalue weighted by Crippen LogP contribution is 2.13. The van der Waals surface area contributed by atoms with E-state index in [0.29, 0.717) is 25.9 Å². The summed E-state index contributed by atoms with van der Waals surface area (Å²) in [5, 5.41) is 5.20. The van der Waals surface area contributed by atoms with Crippen molar-refractivity contribution in [2.45, 2.75) is 76.7 Å². The minimum absolute atomic E-state index is 0.102. The van der Waals surface area contributed by atoms with Gasteiger partial charge in [-0.25, -0.2) is 13.6 Å². The highest BCUT2D eigenvalue weighted by molar-refractivity contribution is 7.89. The third kappa shape index (κ3) is 11.4. The van der Waals surface area contributed by atoms with Crippen molar-refractivity contribution in [1.29, 1.82) is 0 Å². The number of hydrogen-bond acceptors (Lipinski definition) is 4. The van der Waals surface area contributed by atoms with Gasteiger partial charge in [0.05, 0.1) is 4.90 Å². The van der Waals surface area contributed by atoms with Crippen LogP contribution in [-0.2, 0) is 27.8 Å². The van der Waals surface area contributed by atoms with Crippen LogP contribution in [0.3, 0.4) is 0 Å². The van der Waals surface area contributed by atoms with Crippen molar-refractivity contribution in [2.24, 2.45) is 5.14 Å². The first-order chi connectivity index (χ1) is 16.8. The van der Waals surface area contributed by atoms with Crippen molar-refractivity contribution in [3.63, 3.8) is 0 Å². The average Bonchev–Trinajstić information content (AvgIpc) is 2.85. The van der Waals surface area contributed by atoms with Crippen molar-refractivity contribution < 1.29 is 13.2 Å². The molecule has 194 valence electrons. The maximum Gasteiger partial charge on any atom is 0.238 e. The van der Waals surface area contributed by atoms with Crippen LogP contribution in [0, 0.1) is 0 Å². The molecule has 0 saturated carbocycles. The topological polar surface area (TPSA) is 83.7 Å². The number of carbonyl (C=O) groups excluding carboxylic acids is 1. The molecular weight excluding hydrogens is 458 g/mol. The fourth-order valence-electron chi connectivity index (χ4n) is 4.12. The highest BCUT2D eigenvalue weighted by atomic mass is 32.2. The Kier molecular flexibility index (Phi) is 13.0. The zero-order valence-electron chi connectivity index (χ0n) is 21.5. The summed E-state index contributed by atoms with van der Waals surface area (Å²) in [6.07, 6.45) is 8.37. The van der Waals surface area contributed by atoms with Gasteiger partial charge in [0.1, 0.15) is 0 Å². The summed E-state index contributed by atoms with van der Waals surface area (Å²) in [4.78, 5) is 17.8. The first-order valence-corrected chi connectivity index (χ1v) is 14.5. The molecule has 0 heterocycles. The Labute approximate surface area is 212 Å². The molecule has 2 aromatic rings. The van der Waals surface area contributed by atoms with Crippen molar-refractivity contribution >= 4 is 15.9 Å². The van der Waals surface area contributed by atoms with Gasteiger partial charge in [0.2, 0.25) is 15.9 Å².